The average molecular weight is 406 g/mol. The SMILES string of the molecule is CN=C(NCCCCOc1ccc(C)cc1)NCc1ccccc1Cn1cccn1. The lowest BCUT2D eigenvalue weighted by Crippen LogP contribution is -2.37. The highest BCUT2D eigenvalue weighted by Crippen LogP contribution is 2.12. The van der Waals surface area contributed by atoms with Crippen LogP contribution in [0.2, 0.25) is 0 Å². The molecule has 1 aromatic heterocycles. The summed E-state index contributed by atoms with van der Waals surface area (Å²) in [6, 6.07) is 18.5. The highest BCUT2D eigenvalue weighted by atomic mass is 16.5. The number of hydrogen-bond donors (Lipinski definition) is 2. The predicted molar refractivity (Wildman–Crippen MR) is 122 cm³/mol. The molecule has 0 aliphatic rings. The minimum absolute atomic E-state index is 0.716. The molecule has 1 heterocycles. The Morgan fingerprint density at radius 1 is 1.00 bits per heavy atom. The molecule has 0 aliphatic carbocycles. The van der Waals surface area contributed by atoms with Gasteiger partial charge in [0.05, 0.1) is 13.2 Å². The van der Waals surface area contributed by atoms with Crippen LogP contribution in [0.5, 0.6) is 5.75 Å². The Balaban J connectivity index is 1.36. The monoisotopic (exact) mass is 405 g/mol. The lowest BCUT2D eigenvalue weighted by atomic mass is 10.1. The molecule has 0 radical (unpaired) electrons. The van der Waals surface area contributed by atoms with Crippen molar-refractivity contribution < 1.29 is 4.74 Å². The molecular weight excluding hydrogens is 374 g/mol. The largest absolute Gasteiger partial charge is 0.494 e. The molecule has 0 spiro atoms. The smallest absolute Gasteiger partial charge is 0.191 e. The van der Waals surface area contributed by atoms with Crippen molar-refractivity contribution in [1.82, 2.24) is 20.4 Å². The molecule has 0 amide bonds. The zero-order chi connectivity index (χ0) is 21.0. The van der Waals surface area contributed by atoms with Gasteiger partial charge in [0.2, 0.25) is 0 Å². The summed E-state index contributed by atoms with van der Waals surface area (Å²) in [6.07, 6.45) is 5.79. The standard InChI is InChI=1S/C24H31N5O/c1-20-10-12-23(13-11-20)30-17-6-5-14-26-24(25-2)27-18-21-8-3-4-9-22(21)19-29-16-7-15-28-29/h3-4,7-13,15-16H,5-6,14,17-19H2,1-2H3,(H2,25,26,27). The van der Waals surface area contributed by atoms with Gasteiger partial charge in [-0.3, -0.25) is 9.67 Å². The number of hydrogen-bond acceptors (Lipinski definition) is 3. The molecule has 0 unspecified atom stereocenters. The Morgan fingerprint density at radius 3 is 2.53 bits per heavy atom. The van der Waals surface area contributed by atoms with E-state index in [1.807, 2.05) is 29.1 Å². The van der Waals surface area contributed by atoms with Gasteiger partial charge in [-0.2, -0.15) is 5.10 Å². The van der Waals surface area contributed by atoms with Crippen LogP contribution in [0.25, 0.3) is 0 Å². The summed E-state index contributed by atoms with van der Waals surface area (Å²) in [6.45, 7) is 5.13. The zero-order valence-electron chi connectivity index (χ0n) is 17.8. The molecule has 6 heteroatoms. The van der Waals surface area contributed by atoms with Crippen LogP contribution in [-0.2, 0) is 13.1 Å². The van der Waals surface area contributed by atoms with E-state index in [1.54, 1.807) is 13.2 Å². The third-order valence-electron chi connectivity index (χ3n) is 4.83. The number of nitrogens with zero attached hydrogens (tertiary/aromatic N) is 3. The van der Waals surface area contributed by atoms with Crippen LogP contribution in [0.15, 0.2) is 72.0 Å². The van der Waals surface area contributed by atoms with Crippen LogP contribution >= 0.6 is 0 Å². The number of unbranched alkanes of at least 4 members (excludes halogenated alkanes) is 1. The van der Waals surface area contributed by atoms with Crippen LogP contribution in [0.4, 0.5) is 0 Å². The van der Waals surface area contributed by atoms with Crippen molar-refractivity contribution in [1.29, 1.82) is 0 Å². The Bertz CT molecular complexity index is 904. The highest BCUT2D eigenvalue weighted by Gasteiger charge is 2.04. The number of rotatable bonds is 10. The van der Waals surface area contributed by atoms with Crippen molar-refractivity contribution >= 4 is 5.96 Å². The molecule has 158 valence electrons. The van der Waals surface area contributed by atoms with Gasteiger partial charge in [0.1, 0.15) is 5.75 Å². The quantitative estimate of drug-likeness (QED) is 0.306. The van der Waals surface area contributed by atoms with Crippen LogP contribution < -0.4 is 15.4 Å². The molecule has 2 N–H and O–H groups in total. The topological polar surface area (TPSA) is 63.5 Å². The second-order valence-electron chi connectivity index (χ2n) is 7.19. The average Bonchev–Trinajstić information content (AvgIpc) is 3.28. The van der Waals surface area contributed by atoms with Crippen molar-refractivity contribution in [3.05, 3.63) is 83.7 Å². The molecule has 3 rings (SSSR count). The van der Waals surface area contributed by atoms with Crippen molar-refractivity contribution in [2.24, 2.45) is 4.99 Å². The first-order chi connectivity index (χ1) is 14.7. The molecule has 0 fully saturated rings. The molecule has 3 aromatic rings. The lowest BCUT2D eigenvalue weighted by molar-refractivity contribution is 0.307. The molecular formula is C24H31N5O. The van der Waals surface area contributed by atoms with E-state index in [9.17, 15) is 0 Å². The maximum absolute atomic E-state index is 5.78. The van der Waals surface area contributed by atoms with Gasteiger partial charge < -0.3 is 15.4 Å². The van der Waals surface area contributed by atoms with Crippen molar-refractivity contribution in [3.63, 3.8) is 0 Å². The van der Waals surface area contributed by atoms with E-state index in [0.717, 1.165) is 44.2 Å². The second kappa shape index (κ2) is 11.7. The maximum atomic E-state index is 5.78. The summed E-state index contributed by atoms with van der Waals surface area (Å²) in [5.41, 5.74) is 3.73. The number of benzene rings is 2. The van der Waals surface area contributed by atoms with Gasteiger partial charge in [0.25, 0.3) is 0 Å². The summed E-state index contributed by atoms with van der Waals surface area (Å²) in [4.78, 5) is 4.33. The van der Waals surface area contributed by atoms with Crippen LogP contribution in [-0.4, -0.2) is 35.9 Å². The summed E-state index contributed by atoms with van der Waals surface area (Å²) in [7, 11) is 1.80. The summed E-state index contributed by atoms with van der Waals surface area (Å²) < 4.78 is 7.71. The number of guanidine groups is 1. The zero-order valence-corrected chi connectivity index (χ0v) is 17.8. The third-order valence-corrected chi connectivity index (χ3v) is 4.83. The van der Waals surface area contributed by atoms with E-state index in [2.05, 4.69) is 64.0 Å². The summed E-state index contributed by atoms with van der Waals surface area (Å²) in [5.74, 6) is 1.74. The molecule has 0 saturated carbocycles. The van der Waals surface area contributed by atoms with E-state index in [4.69, 9.17) is 4.74 Å². The summed E-state index contributed by atoms with van der Waals surface area (Å²) in [5, 5.41) is 11.1. The van der Waals surface area contributed by atoms with E-state index >= 15 is 0 Å². The molecule has 6 nitrogen and oxygen atoms in total. The van der Waals surface area contributed by atoms with Gasteiger partial charge in [-0.1, -0.05) is 42.0 Å². The van der Waals surface area contributed by atoms with Gasteiger partial charge >= 0.3 is 0 Å². The third kappa shape index (κ3) is 6.95. The minimum Gasteiger partial charge on any atom is -0.494 e. The van der Waals surface area contributed by atoms with Crippen molar-refractivity contribution in [2.75, 3.05) is 20.2 Å². The van der Waals surface area contributed by atoms with Crippen LogP contribution in [0, 0.1) is 6.92 Å². The van der Waals surface area contributed by atoms with Gasteiger partial charge in [-0.25, -0.2) is 0 Å². The Morgan fingerprint density at radius 2 is 1.80 bits per heavy atom. The molecule has 2 aromatic carbocycles. The fraction of sp³-hybridized carbons (Fsp3) is 0.333. The highest BCUT2D eigenvalue weighted by molar-refractivity contribution is 5.79. The Labute approximate surface area is 179 Å². The summed E-state index contributed by atoms with van der Waals surface area (Å²) >= 11 is 0. The first-order valence-corrected chi connectivity index (χ1v) is 10.4. The number of aryl methyl sites for hydroxylation is 1. The second-order valence-corrected chi connectivity index (χ2v) is 7.19. The van der Waals surface area contributed by atoms with Gasteiger partial charge in [-0.15, -0.1) is 0 Å². The van der Waals surface area contributed by atoms with Crippen LogP contribution in [0.1, 0.15) is 29.5 Å². The number of aromatic nitrogens is 2. The Kier molecular flexibility index (Phi) is 8.33. The van der Waals surface area contributed by atoms with Gasteiger partial charge in [0, 0.05) is 32.5 Å². The first kappa shape index (κ1) is 21.4. The minimum atomic E-state index is 0.716. The molecule has 0 bridgehead atoms. The van der Waals surface area contributed by atoms with E-state index in [1.165, 1.54) is 16.7 Å². The fourth-order valence-electron chi connectivity index (χ4n) is 3.11. The Hall–Kier alpha value is -3.28. The molecule has 0 aliphatic heterocycles. The molecule has 0 atom stereocenters. The van der Waals surface area contributed by atoms with Crippen molar-refractivity contribution in [3.8, 4) is 5.75 Å². The normalized spacial score (nSPS) is 11.3. The number of aliphatic imine (C=N–C) groups is 1. The van der Waals surface area contributed by atoms with E-state index < -0.39 is 0 Å². The first-order valence-electron chi connectivity index (χ1n) is 10.4. The number of nitrogens with one attached hydrogen (secondary N) is 2. The van der Waals surface area contributed by atoms with Crippen molar-refractivity contribution in [2.45, 2.75) is 32.9 Å². The lowest BCUT2D eigenvalue weighted by Gasteiger charge is -2.14. The fourth-order valence-corrected chi connectivity index (χ4v) is 3.11. The van der Waals surface area contributed by atoms with Gasteiger partial charge in [-0.05, 0) is 49.1 Å². The molecule has 30 heavy (non-hydrogen) atoms. The predicted octanol–water partition coefficient (Wildman–Crippen LogP) is 3.76. The molecule has 0 saturated heterocycles. The number of ether oxygens (including phenoxy) is 1. The van der Waals surface area contributed by atoms with Gasteiger partial charge in [0.15, 0.2) is 5.96 Å². The van der Waals surface area contributed by atoms with E-state index in [0.29, 0.717) is 6.54 Å². The van der Waals surface area contributed by atoms with Crippen LogP contribution in [0.3, 0.4) is 0 Å². The van der Waals surface area contributed by atoms with E-state index in [-0.39, 0.29) is 0 Å². The maximum Gasteiger partial charge on any atom is 0.191 e.